The molecular formula is C26H25ClN2O4. The smallest absolute Gasteiger partial charge is 0.161 e. The van der Waals surface area contributed by atoms with Crippen molar-refractivity contribution < 1.29 is 18.9 Å². The Labute approximate surface area is 198 Å². The molecule has 0 unspecified atom stereocenters. The molecule has 0 saturated heterocycles. The Morgan fingerprint density at radius 2 is 1.24 bits per heavy atom. The van der Waals surface area contributed by atoms with Crippen molar-refractivity contribution in [1.29, 1.82) is 0 Å². The molecule has 0 aliphatic rings. The van der Waals surface area contributed by atoms with Crippen LogP contribution in [0.4, 0.5) is 0 Å². The van der Waals surface area contributed by atoms with Gasteiger partial charge in [0.25, 0.3) is 0 Å². The Balaban J connectivity index is 1.98. The summed E-state index contributed by atoms with van der Waals surface area (Å²) >= 11 is 6.58. The predicted octanol–water partition coefficient (Wildman–Crippen LogP) is 6.20. The number of ether oxygens (including phenoxy) is 4. The van der Waals surface area contributed by atoms with Crippen LogP contribution in [0.3, 0.4) is 0 Å². The van der Waals surface area contributed by atoms with Crippen LogP contribution in [0.5, 0.6) is 23.0 Å². The van der Waals surface area contributed by atoms with Gasteiger partial charge >= 0.3 is 0 Å². The average molecular weight is 465 g/mol. The zero-order valence-electron chi connectivity index (χ0n) is 19.2. The Morgan fingerprint density at radius 1 is 0.697 bits per heavy atom. The molecule has 6 nitrogen and oxygen atoms in total. The van der Waals surface area contributed by atoms with E-state index in [4.69, 9.17) is 35.6 Å². The maximum atomic E-state index is 6.58. The lowest BCUT2D eigenvalue weighted by molar-refractivity contribution is 0.355. The summed E-state index contributed by atoms with van der Waals surface area (Å²) in [6, 6.07) is 19.2. The lowest BCUT2D eigenvalue weighted by atomic mass is 10.0. The van der Waals surface area contributed by atoms with Crippen LogP contribution in [-0.4, -0.2) is 38.2 Å². The number of benzene rings is 3. The average Bonchev–Trinajstić information content (AvgIpc) is 3.19. The van der Waals surface area contributed by atoms with E-state index in [1.165, 1.54) is 0 Å². The van der Waals surface area contributed by atoms with Gasteiger partial charge in [-0.25, -0.2) is 4.68 Å². The van der Waals surface area contributed by atoms with Crippen LogP contribution in [0.25, 0.3) is 28.2 Å². The van der Waals surface area contributed by atoms with Crippen LogP contribution >= 0.6 is 11.6 Å². The Bertz CT molecular complexity index is 1300. The van der Waals surface area contributed by atoms with E-state index in [1.54, 1.807) is 28.4 Å². The lowest BCUT2D eigenvalue weighted by Crippen LogP contribution is -2.01. The van der Waals surface area contributed by atoms with Gasteiger partial charge in [0.15, 0.2) is 23.0 Å². The minimum Gasteiger partial charge on any atom is -0.493 e. The molecule has 0 aliphatic carbocycles. The highest BCUT2D eigenvalue weighted by Gasteiger charge is 2.22. The van der Waals surface area contributed by atoms with E-state index in [0.29, 0.717) is 28.0 Å². The second kappa shape index (κ2) is 9.46. The fourth-order valence-electron chi connectivity index (χ4n) is 3.87. The number of methoxy groups -OCH3 is 4. The molecule has 0 spiro atoms. The molecule has 170 valence electrons. The van der Waals surface area contributed by atoms with E-state index in [9.17, 15) is 0 Å². The van der Waals surface area contributed by atoms with Crippen molar-refractivity contribution in [3.63, 3.8) is 0 Å². The molecule has 0 amide bonds. The minimum atomic E-state index is 0.598. The highest BCUT2D eigenvalue weighted by Crippen LogP contribution is 2.40. The van der Waals surface area contributed by atoms with E-state index >= 15 is 0 Å². The zero-order valence-corrected chi connectivity index (χ0v) is 19.9. The van der Waals surface area contributed by atoms with Crippen LogP contribution < -0.4 is 18.9 Å². The van der Waals surface area contributed by atoms with Crippen molar-refractivity contribution >= 4 is 11.6 Å². The lowest BCUT2D eigenvalue weighted by Gasteiger charge is -2.13. The number of para-hydroxylation sites is 1. The second-order valence-electron chi connectivity index (χ2n) is 7.32. The molecule has 1 aromatic heterocycles. The summed E-state index contributed by atoms with van der Waals surface area (Å²) in [7, 11) is 6.47. The fourth-order valence-corrected chi connectivity index (χ4v) is 4.09. The first-order valence-corrected chi connectivity index (χ1v) is 10.7. The van der Waals surface area contributed by atoms with Crippen LogP contribution in [0.1, 0.15) is 5.56 Å². The van der Waals surface area contributed by atoms with Gasteiger partial charge in [0, 0.05) is 16.7 Å². The molecule has 0 N–H and O–H groups in total. The molecule has 0 atom stereocenters. The Hall–Kier alpha value is -3.64. The monoisotopic (exact) mass is 464 g/mol. The number of hydrogen-bond donors (Lipinski definition) is 0. The third-order valence-electron chi connectivity index (χ3n) is 5.52. The van der Waals surface area contributed by atoms with Gasteiger partial charge in [0.05, 0.1) is 50.5 Å². The highest BCUT2D eigenvalue weighted by molar-refractivity contribution is 6.32. The van der Waals surface area contributed by atoms with Gasteiger partial charge in [-0.1, -0.05) is 23.7 Å². The third kappa shape index (κ3) is 4.10. The van der Waals surface area contributed by atoms with Crippen molar-refractivity contribution in [1.82, 2.24) is 9.78 Å². The molecule has 0 radical (unpaired) electrons. The van der Waals surface area contributed by atoms with Crippen LogP contribution in [0.2, 0.25) is 5.02 Å². The van der Waals surface area contributed by atoms with Crippen molar-refractivity contribution in [2.75, 3.05) is 28.4 Å². The molecule has 0 fully saturated rings. The molecular weight excluding hydrogens is 440 g/mol. The molecule has 1 heterocycles. The van der Waals surface area contributed by atoms with Gasteiger partial charge in [-0.2, -0.15) is 5.10 Å². The van der Waals surface area contributed by atoms with Gasteiger partial charge in [-0.3, -0.25) is 0 Å². The largest absolute Gasteiger partial charge is 0.493 e. The molecule has 33 heavy (non-hydrogen) atoms. The van der Waals surface area contributed by atoms with E-state index in [0.717, 1.165) is 33.8 Å². The van der Waals surface area contributed by atoms with Crippen molar-refractivity contribution in [2.24, 2.45) is 0 Å². The molecule has 7 heteroatoms. The summed E-state index contributed by atoms with van der Waals surface area (Å²) in [5, 5.41) is 5.58. The summed E-state index contributed by atoms with van der Waals surface area (Å²) in [4.78, 5) is 0. The van der Waals surface area contributed by atoms with E-state index in [1.807, 2.05) is 72.3 Å². The van der Waals surface area contributed by atoms with Gasteiger partial charge in [-0.05, 0) is 55.5 Å². The number of aromatic nitrogens is 2. The summed E-state index contributed by atoms with van der Waals surface area (Å²) in [5.74, 6) is 2.58. The van der Waals surface area contributed by atoms with Crippen molar-refractivity contribution in [3.8, 4) is 51.2 Å². The van der Waals surface area contributed by atoms with Crippen molar-refractivity contribution in [3.05, 3.63) is 71.2 Å². The molecule has 0 aliphatic heterocycles. The highest BCUT2D eigenvalue weighted by atomic mass is 35.5. The standard InChI is InChI=1S/C26H25ClN2O4/c1-16-25(17-10-12-21(30-2)23(14-17)32-4)28-29(20-9-7-6-8-19(20)27)26(16)18-11-13-22(31-3)24(15-18)33-5/h6-15H,1-5H3. The summed E-state index contributed by atoms with van der Waals surface area (Å²) in [5.41, 5.74) is 5.28. The summed E-state index contributed by atoms with van der Waals surface area (Å²) < 4.78 is 23.7. The van der Waals surface area contributed by atoms with Crippen LogP contribution in [0, 0.1) is 6.92 Å². The molecule has 4 rings (SSSR count). The third-order valence-corrected chi connectivity index (χ3v) is 5.84. The van der Waals surface area contributed by atoms with E-state index in [-0.39, 0.29) is 0 Å². The van der Waals surface area contributed by atoms with Gasteiger partial charge in [0.1, 0.15) is 0 Å². The molecule has 0 saturated carbocycles. The summed E-state index contributed by atoms with van der Waals surface area (Å²) in [6.45, 7) is 2.04. The molecule has 4 aromatic rings. The normalized spacial score (nSPS) is 10.7. The van der Waals surface area contributed by atoms with Crippen LogP contribution in [-0.2, 0) is 0 Å². The van der Waals surface area contributed by atoms with E-state index < -0.39 is 0 Å². The van der Waals surface area contributed by atoms with Gasteiger partial charge < -0.3 is 18.9 Å². The topological polar surface area (TPSA) is 54.7 Å². The first kappa shape index (κ1) is 22.6. The van der Waals surface area contributed by atoms with Gasteiger partial charge in [-0.15, -0.1) is 0 Å². The SMILES string of the molecule is COc1ccc(-c2nn(-c3ccccc3Cl)c(-c3ccc(OC)c(OC)c3)c2C)cc1OC. The minimum absolute atomic E-state index is 0.598. The molecule has 0 bridgehead atoms. The van der Waals surface area contributed by atoms with Crippen molar-refractivity contribution in [2.45, 2.75) is 6.92 Å². The fraction of sp³-hybridized carbons (Fsp3) is 0.192. The predicted molar refractivity (Wildman–Crippen MR) is 130 cm³/mol. The number of rotatable bonds is 7. The first-order valence-electron chi connectivity index (χ1n) is 10.3. The maximum absolute atomic E-state index is 6.58. The number of halogens is 1. The van der Waals surface area contributed by atoms with Crippen LogP contribution in [0.15, 0.2) is 60.7 Å². The molecule has 3 aromatic carbocycles. The van der Waals surface area contributed by atoms with Gasteiger partial charge in [0.2, 0.25) is 0 Å². The first-order chi connectivity index (χ1) is 16.0. The Morgan fingerprint density at radius 3 is 1.82 bits per heavy atom. The Kier molecular flexibility index (Phi) is 6.47. The number of nitrogens with zero attached hydrogens (tertiary/aromatic N) is 2. The van der Waals surface area contributed by atoms with E-state index in [2.05, 4.69) is 0 Å². The maximum Gasteiger partial charge on any atom is 0.161 e. The second-order valence-corrected chi connectivity index (χ2v) is 7.73. The zero-order chi connectivity index (χ0) is 23.5. The number of hydrogen-bond acceptors (Lipinski definition) is 5. The quantitative estimate of drug-likeness (QED) is 0.326. The summed E-state index contributed by atoms with van der Waals surface area (Å²) in [6.07, 6.45) is 0.